The van der Waals surface area contributed by atoms with Crippen molar-refractivity contribution in [3.05, 3.63) is 12.7 Å². The Morgan fingerprint density at radius 2 is 2.10 bits per heavy atom. The topological polar surface area (TPSA) is 96.1 Å². The monoisotopic (exact) mass is 279 g/mol. The van der Waals surface area contributed by atoms with Crippen molar-refractivity contribution < 1.29 is 10.2 Å². The average molecular weight is 279 g/mol. The molecule has 0 unspecified atom stereocenters. The number of hydrogen-bond acceptors (Lipinski definition) is 6. The van der Waals surface area contributed by atoms with Crippen molar-refractivity contribution in [2.45, 2.75) is 32.9 Å². The quantitative estimate of drug-likeness (QED) is 0.688. The minimum atomic E-state index is -0.820. The Morgan fingerprint density at radius 1 is 1.30 bits per heavy atom. The molecule has 2 aromatic heterocycles. The molecule has 0 bridgehead atoms. The number of aromatic nitrogens is 4. The molecule has 0 aliphatic heterocycles. The van der Waals surface area contributed by atoms with Gasteiger partial charge in [-0.2, -0.15) is 0 Å². The third-order valence-electron chi connectivity index (χ3n) is 3.03. The molecule has 0 aliphatic carbocycles. The van der Waals surface area contributed by atoms with Gasteiger partial charge in [0.15, 0.2) is 11.5 Å². The number of anilines is 1. The normalized spacial score (nSPS) is 13.1. The summed E-state index contributed by atoms with van der Waals surface area (Å²) in [6.07, 6.45) is 3.31. The molecule has 110 valence electrons. The van der Waals surface area contributed by atoms with Gasteiger partial charge in [0.25, 0.3) is 0 Å². The second-order valence-electron chi connectivity index (χ2n) is 5.24. The van der Waals surface area contributed by atoms with Crippen LogP contribution in [0.4, 0.5) is 5.82 Å². The molecule has 0 amide bonds. The van der Waals surface area contributed by atoms with E-state index in [4.69, 9.17) is 5.11 Å². The molecule has 0 aromatic carbocycles. The highest BCUT2D eigenvalue weighted by atomic mass is 16.3. The zero-order chi connectivity index (χ0) is 14.5. The summed E-state index contributed by atoms with van der Waals surface area (Å²) in [5.41, 5.74) is 1.33. The van der Waals surface area contributed by atoms with Crippen LogP contribution < -0.4 is 5.32 Å². The molecule has 2 heterocycles. The van der Waals surface area contributed by atoms with E-state index in [-0.39, 0.29) is 13.2 Å². The van der Waals surface area contributed by atoms with Crippen LogP contribution in [0.15, 0.2) is 12.7 Å². The van der Waals surface area contributed by atoms with Gasteiger partial charge in [-0.15, -0.1) is 0 Å². The summed E-state index contributed by atoms with van der Waals surface area (Å²) in [6, 6.07) is 0. The van der Waals surface area contributed by atoms with E-state index in [0.29, 0.717) is 22.9 Å². The Hall–Kier alpha value is -1.73. The first-order valence-corrected chi connectivity index (χ1v) is 6.80. The minimum Gasteiger partial charge on any atom is -0.394 e. The smallest absolute Gasteiger partial charge is 0.165 e. The lowest BCUT2D eigenvalue weighted by Crippen LogP contribution is -2.19. The van der Waals surface area contributed by atoms with Gasteiger partial charge in [0.05, 0.1) is 25.6 Å². The van der Waals surface area contributed by atoms with Crippen LogP contribution in [-0.4, -0.2) is 49.0 Å². The van der Waals surface area contributed by atoms with Gasteiger partial charge in [0, 0.05) is 6.54 Å². The third-order valence-corrected chi connectivity index (χ3v) is 3.03. The highest BCUT2D eigenvalue weighted by molar-refractivity contribution is 5.82. The fraction of sp³-hybridized carbons (Fsp3) is 0.615. The number of nitrogens with zero attached hydrogens (tertiary/aromatic N) is 4. The molecular formula is C13H21N5O2. The van der Waals surface area contributed by atoms with Gasteiger partial charge in [-0.25, -0.2) is 15.0 Å². The molecule has 2 rings (SSSR count). The molecule has 0 saturated carbocycles. The Balaban J connectivity index is 2.16. The van der Waals surface area contributed by atoms with Crippen LogP contribution in [-0.2, 0) is 6.54 Å². The van der Waals surface area contributed by atoms with Gasteiger partial charge in [-0.3, -0.25) is 0 Å². The molecule has 7 nitrogen and oxygen atoms in total. The van der Waals surface area contributed by atoms with E-state index in [9.17, 15) is 5.11 Å². The number of hydrogen-bond donors (Lipinski definition) is 3. The second kappa shape index (κ2) is 6.62. The minimum absolute atomic E-state index is 0.259. The van der Waals surface area contributed by atoms with Crippen molar-refractivity contribution in [3.63, 3.8) is 0 Å². The standard InChI is InChI=1S/C13H21N5O2/c1-9(2)3-4-14-12-11-13(16-7-15-12)18(8-17-11)5-10(20)6-19/h7-10,19-20H,3-6H2,1-2H3,(H,14,15,16)/t10-/m0/s1. The summed E-state index contributed by atoms with van der Waals surface area (Å²) < 4.78 is 1.71. The summed E-state index contributed by atoms with van der Waals surface area (Å²) in [5, 5.41) is 21.7. The van der Waals surface area contributed by atoms with Crippen LogP contribution in [0.5, 0.6) is 0 Å². The molecule has 2 aromatic rings. The maximum Gasteiger partial charge on any atom is 0.165 e. The van der Waals surface area contributed by atoms with Crippen LogP contribution in [0.1, 0.15) is 20.3 Å². The van der Waals surface area contributed by atoms with Gasteiger partial charge >= 0.3 is 0 Å². The van der Waals surface area contributed by atoms with Gasteiger partial charge in [-0.05, 0) is 12.3 Å². The molecule has 0 radical (unpaired) electrons. The predicted molar refractivity (Wildman–Crippen MR) is 76.4 cm³/mol. The summed E-state index contributed by atoms with van der Waals surface area (Å²) in [7, 11) is 0. The van der Waals surface area contributed by atoms with Crippen LogP contribution in [0.2, 0.25) is 0 Å². The second-order valence-corrected chi connectivity index (χ2v) is 5.24. The number of nitrogens with one attached hydrogen (secondary N) is 1. The van der Waals surface area contributed by atoms with Crippen molar-refractivity contribution in [1.29, 1.82) is 0 Å². The molecule has 7 heteroatoms. The Labute approximate surface area is 117 Å². The first-order chi connectivity index (χ1) is 9.61. The largest absolute Gasteiger partial charge is 0.394 e. The van der Waals surface area contributed by atoms with Crippen molar-refractivity contribution in [2.75, 3.05) is 18.5 Å². The Morgan fingerprint density at radius 3 is 2.80 bits per heavy atom. The third kappa shape index (κ3) is 3.43. The van der Waals surface area contributed by atoms with Crippen LogP contribution >= 0.6 is 0 Å². The van der Waals surface area contributed by atoms with Gasteiger partial charge < -0.3 is 20.1 Å². The molecule has 0 saturated heterocycles. The van der Waals surface area contributed by atoms with Crippen molar-refractivity contribution in [2.24, 2.45) is 5.92 Å². The van der Waals surface area contributed by atoms with E-state index < -0.39 is 6.10 Å². The van der Waals surface area contributed by atoms with E-state index >= 15 is 0 Å². The summed E-state index contributed by atoms with van der Waals surface area (Å²) in [5.74, 6) is 1.32. The highest BCUT2D eigenvalue weighted by Gasteiger charge is 2.12. The predicted octanol–water partition coefficient (Wildman–Crippen LogP) is 0.637. The Bertz CT molecular complexity index is 555. The molecule has 20 heavy (non-hydrogen) atoms. The Kier molecular flexibility index (Phi) is 4.86. The van der Waals surface area contributed by atoms with Gasteiger partial charge in [-0.1, -0.05) is 13.8 Å². The maximum absolute atomic E-state index is 9.50. The number of fused-ring (bicyclic) bond motifs is 1. The first-order valence-electron chi connectivity index (χ1n) is 6.80. The summed E-state index contributed by atoms with van der Waals surface area (Å²) in [4.78, 5) is 12.7. The molecule has 0 aliphatic rings. The zero-order valence-corrected chi connectivity index (χ0v) is 11.8. The lowest BCUT2D eigenvalue weighted by atomic mass is 10.1. The van der Waals surface area contributed by atoms with E-state index in [0.717, 1.165) is 13.0 Å². The highest BCUT2D eigenvalue weighted by Crippen LogP contribution is 2.17. The molecule has 1 atom stereocenters. The fourth-order valence-electron chi connectivity index (χ4n) is 1.91. The lowest BCUT2D eigenvalue weighted by Gasteiger charge is -2.09. The lowest BCUT2D eigenvalue weighted by molar-refractivity contribution is 0.0820. The number of aliphatic hydroxyl groups is 2. The van der Waals surface area contributed by atoms with E-state index in [2.05, 4.69) is 34.1 Å². The van der Waals surface area contributed by atoms with Crippen molar-refractivity contribution >= 4 is 17.0 Å². The van der Waals surface area contributed by atoms with Gasteiger partial charge in [0.2, 0.25) is 0 Å². The summed E-state index contributed by atoms with van der Waals surface area (Å²) in [6.45, 7) is 5.14. The molecule has 3 N–H and O–H groups in total. The first kappa shape index (κ1) is 14.7. The average Bonchev–Trinajstić information content (AvgIpc) is 2.82. The van der Waals surface area contributed by atoms with Crippen molar-refractivity contribution in [3.8, 4) is 0 Å². The van der Waals surface area contributed by atoms with E-state index in [1.807, 2.05) is 0 Å². The zero-order valence-electron chi connectivity index (χ0n) is 11.8. The number of imidazole rings is 1. The summed E-state index contributed by atoms with van der Waals surface area (Å²) >= 11 is 0. The molecule has 0 spiro atoms. The molecule has 0 fully saturated rings. The van der Waals surface area contributed by atoms with E-state index in [1.54, 1.807) is 10.9 Å². The number of rotatable bonds is 7. The fourth-order valence-corrected chi connectivity index (χ4v) is 1.91. The van der Waals surface area contributed by atoms with Crippen LogP contribution in [0.3, 0.4) is 0 Å². The van der Waals surface area contributed by atoms with Crippen molar-refractivity contribution in [1.82, 2.24) is 19.5 Å². The van der Waals surface area contributed by atoms with Gasteiger partial charge in [0.1, 0.15) is 11.8 Å². The number of aliphatic hydroxyl groups excluding tert-OH is 2. The molecular weight excluding hydrogens is 258 g/mol. The maximum atomic E-state index is 9.50. The SMILES string of the molecule is CC(C)CCNc1ncnc2c1ncn2C[C@H](O)CO. The van der Waals surface area contributed by atoms with Crippen LogP contribution in [0, 0.1) is 5.92 Å². The van der Waals surface area contributed by atoms with E-state index in [1.165, 1.54) is 6.33 Å². The van der Waals surface area contributed by atoms with Crippen LogP contribution in [0.25, 0.3) is 11.2 Å².